The van der Waals surface area contributed by atoms with E-state index < -0.39 is 0 Å². The van der Waals surface area contributed by atoms with Gasteiger partial charge < -0.3 is 5.73 Å². The van der Waals surface area contributed by atoms with Crippen molar-refractivity contribution in [3.05, 3.63) is 23.3 Å². The van der Waals surface area contributed by atoms with Gasteiger partial charge in [-0.2, -0.15) is 4.37 Å². The van der Waals surface area contributed by atoms with Crippen LogP contribution in [0.4, 0.5) is 0 Å². The molecule has 2 rings (SSSR count). The summed E-state index contributed by atoms with van der Waals surface area (Å²) in [6.07, 6.45) is 0.847. The van der Waals surface area contributed by atoms with Crippen LogP contribution in [0.2, 0.25) is 0 Å². The highest BCUT2D eigenvalue weighted by molar-refractivity contribution is 8.00. The van der Waals surface area contributed by atoms with E-state index in [1.165, 1.54) is 23.3 Å². The van der Waals surface area contributed by atoms with Crippen LogP contribution in [0, 0.1) is 6.92 Å². The van der Waals surface area contributed by atoms with Crippen molar-refractivity contribution < 1.29 is 0 Å². The molecular weight excluding hydrogens is 254 g/mol. The van der Waals surface area contributed by atoms with Crippen molar-refractivity contribution in [3.8, 4) is 0 Å². The Balaban J connectivity index is 2.20. The number of rotatable bonds is 4. The molecule has 2 heterocycles. The lowest BCUT2D eigenvalue weighted by Gasteiger charge is -2.01. The summed E-state index contributed by atoms with van der Waals surface area (Å²) in [5.41, 5.74) is 7.35. The van der Waals surface area contributed by atoms with Crippen LogP contribution in [0.5, 0.6) is 0 Å². The summed E-state index contributed by atoms with van der Waals surface area (Å²) in [6.45, 7) is 4.39. The van der Waals surface area contributed by atoms with Crippen LogP contribution >= 0.6 is 23.3 Å². The van der Waals surface area contributed by atoms with E-state index in [1.54, 1.807) is 0 Å². The SMILES string of the molecule is CCc1nsc(Sc2nc(C)cc(CN)n2)n1. The predicted molar refractivity (Wildman–Crippen MR) is 68.1 cm³/mol. The maximum atomic E-state index is 5.58. The molecule has 0 amide bonds. The molecule has 0 atom stereocenters. The van der Waals surface area contributed by atoms with Crippen molar-refractivity contribution >= 4 is 23.3 Å². The number of aryl methyl sites for hydroxylation is 2. The minimum Gasteiger partial charge on any atom is -0.325 e. The number of nitrogens with zero attached hydrogens (tertiary/aromatic N) is 4. The molecule has 17 heavy (non-hydrogen) atoms. The van der Waals surface area contributed by atoms with Crippen molar-refractivity contribution in [3.63, 3.8) is 0 Å². The van der Waals surface area contributed by atoms with E-state index in [2.05, 4.69) is 19.3 Å². The van der Waals surface area contributed by atoms with Crippen LogP contribution in [-0.4, -0.2) is 19.3 Å². The molecular formula is C10H13N5S2. The Bertz CT molecular complexity index is 511. The topological polar surface area (TPSA) is 77.6 Å². The Morgan fingerprint density at radius 2 is 2.18 bits per heavy atom. The van der Waals surface area contributed by atoms with Gasteiger partial charge in [0.2, 0.25) is 0 Å². The zero-order chi connectivity index (χ0) is 12.3. The lowest BCUT2D eigenvalue weighted by Crippen LogP contribution is -2.02. The van der Waals surface area contributed by atoms with Crippen LogP contribution in [0.25, 0.3) is 0 Å². The molecule has 0 radical (unpaired) electrons. The second-order valence-electron chi connectivity index (χ2n) is 3.42. The number of nitrogens with two attached hydrogens (primary N) is 1. The molecule has 0 saturated heterocycles. The van der Waals surface area contributed by atoms with Crippen molar-refractivity contribution in [2.75, 3.05) is 0 Å². The summed E-state index contributed by atoms with van der Waals surface area (Å²) < 4.78 is 5.10. The van der Waals surface area contributed by atoms with Gasteiger partial charge in [-0.25, -0.2) is 15.0 Å². The fraction of sp³-hybridized carbons (Fsp3) is 0.400. The van der Waals surface area contributed by atoms with E-state index in [1.807, 2.05) is 19.9 Å². The molecule has 0 saturated carbocycles. The molecule has 0 fully saturated rings. The largest absolute Gasteiger partial charge is 0.325 e. The average Bonchev–Trinajstić information content (AvgIpc) is 2.76. The molecule has 0 aliphatic carbocycles. The van der Waals surface area contributed by atoms with Crippen LogP contribution in [-0.2, 0) is 13.0 Å². The molecule has 0 aliphatic heterocycles. The van der Waals surface area contributed by atoms with E-state index in [0.29, 0.717) is 11.7 Å². The Morgan fingerprint density at radius 3 is 2.82 bits per heavy atom. The summed E-state index contributed by atoms with van der Waals surface area (Å²) in [5.74, 6) is 0.865. The molecule has 0 bridgehead atoms. The first-order chi connectivity index (χ1) is 8.21. The normalized spacial score (nSPS) is 10.8. The minimum absolute atomic E-state index is 0.424. The fourth-order valence-corrected chi connectivity index (χ4v) is 2.90. The zero-order valence-corrected chi connectivity index (χ0v) is 11.3. The van der Waals surface area contributed by atoms with Gasteiger partial charge in [-0.05, 0) is 36.3 Å². The standard InChI is InChI=1S/C10H13N5S2/c1-3-8-14-10(17-15-8)16-9-12-6(2)4-7(5-11)13-9/h4H,3,5,11H2,1-2H3. The third-order valence-electron chi connectivity index (χ3n) is 2.04. The van der Waals surface area contributed by atoms with Gasteiger partial charge >= 0.3 is 0 Å². The average molecular weight is 267 g/mol. The predicted octanol–water partition coefficient (Wildman–Crippen LogP) is 1.81. The van der Waals surface area contributed by atoms with E-state index in [4.69, 9.17) is 5.73 Å². The van der Waals surface area contributed by atoms with E-state index in [-0.39, 0.29) is 0 Å². The zero-order valence-electron chi connectivity index (χ0n) is 9.67. The summed E-state index contributed by atoms with van der Waals surface area (Å²) in [6, 6.07) is 1.89. The molecule has 2 aromatic heterocycles. The van der Waals surface area contributed by atoms with Crippen LogP contribution < -0.4 is 5.73 Å². The summed E-state index contributed by atoms with van der Waals surface area (Å²) in [4.78, 5) is 13.1. The number of hydrogen-bond donors (Lipinski definition) is 1. The van der Waals surface area contributed by atoms with E-state index in [0.717, 1.165) is 28.0 Å². The first-order valence-electron chi connectivity index (χ1n) is 5.26. The van der Waals surface area contributed by atoms with Crippen LogP contribution in [0.1, 0.15) is 24.1 Å². The highest BCUT2D eigenvalue weighted by Gasteiger charge is 2.08. The van der Waals surface area contributed by atoms with Crippen molar-refractivity contribution in [1.82, 2.24) is 19.3 Å². The summed E-state index contributed by atoms with van der Waals surface area (Å²) in [7, 11) is 0. The second kappa shape index (κ2) is 5.52. The van der Waals surface area contributed by atoms with Crippen molar-refractivity contribution in [1.29, 1.82) is 0 Å². The van der Waals surface area contributed by atoms with E-state index >= 15 is 0 Å². The van der Waals surface area contributed by atoms with Gasteiger partial charge in [-0.1, -0.05) is 6.92 Å². The highest BCUT2D eigenvalue weighted by atomic mass is 32.2. The number of aromatic nitrogens is 4. The summed E-state index contributed by atoms with van der Waals surface area (Å²) in [5, 5.41) is 0.684. The summed E-state index contributed by atoms with van der Waals surface area (Å²) >= 11 is 2.81. The Hall–Kier alpha value is -1.05. The highest BCUT2D eigenvalue weighted by Crippen LogP contribution is 2.26. The maximum absolute atomic E-state index is 5.58. The molecule has 7 heteroatoms. The molecule has 2 N–H and O–H groups in total. The van der Waals surface area contributed by atoms with Gasteiger partial charge in [0.1, 0.15) is 5.82 Å². The van der Waals surface area contributed by atoms with Gasteiger partial charge in [0, 0.05) is 18.7 Å². The molecule has 2 aromatic rings. The van der Waals surface area contributed by atoms with Crippen molar-refractivity contribution in [2.24, 2.45) is 5.73 Å². The number of hydrogen-bond acceptors (Lipinski definition) is 7. The maximum Gasteiger partial charge on any atom is 0.195 e. The molecule has 90 valence electrons. The first kappa shape index (κ1) is 12.4. The fourth-order valence-electron chi connectivity index (χ4n) is 1.26. The molecule has 0 spiro atoms. The first-order valence-corrected chi connectivity index (χ1v) is 6.85. The van der Waals surface area contributed by atoms with Gasteiger partial charge in [0.05, 0.1) is 5.69 Å². The molecule has 0 aromatic carbocycles. The Labute approximate surface area is 108 Å². The van der Waals surface area contributed by atoms with Gasteiger partial charge in [0.25, 0.3) is 0 Å². The second-order valence-corrected chi connectivity index (χ2v) is 5.39. The molecule has 0 aliphatic rings. The van der Waals surface area contributed by atoms with Gasteiger partial charge in [0.15, 0.2) is 9.50 Å². The lowest BCUT2D eigenvalue weighted by atomic mass is 10.3. The monoisotopic (exact) mass is 267 g/mol. The van der Waals surface area contributed by atoms with E-state index in [9.17, 15) is 0 Å². The smallest absolute Gasteiger partial charge is 0.195 e. The van der Waals surface area contributed by atoms with Crippen LogP contribution in [0.15, 0.2) is 15.6 Å². The Kier molecular flexibility index (Phi) is 4.03. The quantitative estimate of drug-likeness (QED) is 0.851. The Morgan fingerprint density at radius 1 is 1.35 bits per heavy atom. The lowest BCUT2D eigenvalue weighted by molar-refractivity contribution is 0.853. The molecule has 5 nitrogen and oxygen atoms in total. The van der Waals surface area contributed by atoms with Gasteiger partial charge in [-0.15, -0.1) is 0 Å². The van der Waals surface area contributed by atoms with Crippen molar-refractivity contribution in [2.45, 2.75) is 36.3 Å². The third-order valence-corrected chi connectivity index (χ3v) is 3.69. The molecule has 0 unspecified atom stereocenters. The minimum atomic E-state index is 0.424. The van der Waals surface area contributed by atoms with Crippen LogP contribution in [0.3, 0.4) is 0 Å². The van der Waals surface area contributed by atoms with Gasteiger partial charge in [-0.3, -0.25) is 0 Å². The third kappa shape index (κ3) is 3.21.